The minimum Gasteiger partial charge on any atom is -0.420 e. The summed E-state index contributed by atoms with van der Waals surface area (Å²) in [5, 5.41) is 0. The van der Waals surface area contributed by atoms with E-state index in [1.807, 2.05) is 36.4 Å². The van der Waals surface area contributed by atoms with Crippen LogP contribution in [0.1, 0.15) is 16.7 Å². The maximum atomic E-state index is 11.9. The molecule has 1 atom stereocenters. The van der Waals surface area contributed by atoms with Gasteiger partial charge < -0.3 is 9.47 Å². The summed E-state index contributed by atoms with van der Waals surface area (Å²) in [6, 6.07) is 15.9. The highest BCUT2D eigenvalue weighted by molar-refractivity contribution is 5.61. The molecule has 0 aromatic heterocycles. The monoisotopic (exact) mass is 305 g/mol. The van der Waals surface area contributed by atoms with Crippen molar-refractivity contribution >= 4 is 6.34 Å². The standard InChI is InChI=1S/C18H13N2O3/c21-20-9-15-17(19-11-20)23-16-8-4-3-7-14(16)18(15)13-6-2-1-5-12(13)10-22-18/h1-8,11H,9-10H2/q+1. The molecule has 0 radical (unpaired) electrons. The van der Waals surface area contributed by atoms with E-state index in [-0.39, 0.29) is 6.54 Å². The molecule has 5 heteroatoms. The van der Waals surface area contributed by atoms with E-state index in [0.29, 0.717) is 12.5 Å². The number of fused-ring (bicyclic) bond motifs is 5. The zero-order chi connectivity index (χ0) is 15.4. The second-order valence-electron chi connectivity index (χ2n) is 5.83. The van der Waals surface area contributed by atoms with Crippen molar-refractivity contribution in [2.24, 2.45) is 4.99 Å². The fourth-order valence-electron chi connectivity index (χ4n) is 3.65. The molecule has 2 aromatic rings. The van der Waals surface area contributed by atoms with Crippen molar-refractivity contribution in [1.29, 1.82) is 0 Å². The van der Waals surface area contributed by atoms with E-state index in [4.69, 9.17) is 9.47 Å². The zero-order valence-corrected chi connectivity index (χ0v) is 12.2. The summed E-state index contributed by atoms with van der Waals surface area (Å²) in [7, 11) is 0. The molecule has 112 valence electrons. The van der Waals surface area contributed by atoms with Crippen LogP contribution in [0.2, 0.25) is 0 Å². The molecule has 0 saturated carbocycles. The topological polar surface area (TPSA) is 50.9 Å². The van der Waals surface area contributed by atoms with Crippen LogP contribution < -0.4 is 4.74 Å². The highest BCUT2D eigenvalue weighted by atomic mass is 16.5. The van der Waals surface area contributed by atoms with Crippen LogP contribution in [0.15, 0.2) is 65.0 Å². The zero-order valence-electron chi connectivity index (χ0n) is 12.2. The third-order valence-corrected chi connectivity index (χ3v) is 4.61. The van der Waals surface area contributed by atoms with Crippen LogP contribution in [0.4, 0.5) is 0 Å². The quantitative estimate of drug-likeness (QED) is 0.703. The van der Waals surface area contributed by atoms with Gasteiger partial charge in [0, 0.05) is 5.56 Å². The first-order valence-electron chi connectivity index (χ1n) is 7.50. The summed E-state index contributed by atoms with van der Waals surface area (Å²) in [6.07, 6.45) is 1.25. The van der Waals surface area contributed by atoms with Gasteiger partial charge in [0.25, 0.3) is 0 Å². The van der Waals surface area contributed by atoms with Crippen LogP contribution in [0.25, 0.3) is 0 Å². The number of aliphatic imine (C=N–C) groups is 1. The average molecular weight is 305 g/mol. The molecule has 0 fully saturated rings. The second kappa shape index (κ2) is 4.36. The number of nitroso groups, excluding NO2 is 1. The van der Waals surface area contributed by atoms with Crippen LogP contribution in [0.3, 0.4) is 0 Å². The molecule has 1 unspecified atom stereocenters. The largest absolute Gasteiger partial charge is 0.420 e. The molecule has 0 bridgehead atoms. The number of nitrogens with zero attached hydrogens (tertiary/aromatic N) is 2. The highest BCUT2D eigenvalue weighted by Gasteiger charge is 2.54. The van der Waals surface area contributed by atoms with Gasteiger partial charge in [0.05, 0.1) is 6.61 Å². The van der Waals surface area contributed by atoms with Gasteiger partial charge in [0.15, 0.2) is 12.1 Å². The summed E-state index contributed by atoms with van der Waals surface area (Å²) in [4.78, 5) is 16.1. The van der Waals surface area contributed by atoms with Gasteiger partial charge in [-0.25, -0.2) is 0 Å². The SMILES string of the molecule is O=[N+]1C=NC2=C(C1)C1(OCc3ccccc31)c1ccccc1O2. The molecule has 0 aliphatic carbocycles. The smallest absolute Gasteiger partial charge is 0.340 e. The number of para-hydroxylation sites is 1. The third-order valence-electron chi connectivity index (χ3n) is 4.61. The van der Waals surface area contributed by atoms with Gasteiger partial charge in [-0.2, -0.15) is 0 Å². The minimum atomic E-state index is -0.790. The van der Waals surface area contributed by atoms with E-state index in [9.17, 15) is 4.91 Å². The van der Waals surface area contributed by atoms with Crippen LogP contribution in [0, 0.1) is 4.91 Å². The lowest BCUT2D eigenvalue weighted by Gasteiger charge is -2.36. The Morgan fingerprint density at radius 3 is 2.74 bits per heavy atom. The Morgan fingerprint density at radius 1 is 1.04 bits per heavy atom. The summed E-state index contributed by atoms with van der Waals surface area (Å²) in [6.45, 7) is 0.686. The number of rotatable bonds is 0. The predicted molar refractivity (Wildman–Crippen MR) is 83.1 cm³/mol. The second-order valence-corrected chi connectivity index (χ2v) is 5.83. The molecule has 5 rings (SSSR count). The first-order chi connectivity index (χ1) is 11.3. The number of benzene rings is 2. The molecule has 23 heavy (non-hydrogen) atoms. The van der Waals surface area contributed by atoms with Crippen molar-refractivity contribution in [2.45, 2.75) is 12.2 Å². The normalized spacial score (nSPS) is 24.3. The predicted octanol–water partition coefficient (Wildman–Crippen LogP) is 2.89. The fraction of sp³-hybridized carbons (Fsp3) is 0.167. The molecule has 0 amide bonds. The molecule has 1 spiro atoms. The molecule has 3 aliphatic rings. The molecule has 5 nitrogen and oxygen atoms in total. The number of hydrogen-bond acceptors (Lipinski definition) is 4. The van der Waals surface area contributed by atoms with Gasteiger partial charge >= 0.3 is 12.2 Å². The van der Waals surface area contributed by atoms with E-state index in [2.05, 4.69) is 17.1 Å². The van der Waals surface area contributed by atoms with E-state index in [1.54, 1.807) is 0 Å². The van der Waals surface area contributed by atoms with Gasteiger partial charge in [-0.15, -0.1) is 0 Å². The molecular formula is C18H13N2O3+. The van der Waals surface area contributed by atoms with Crippen molar-refractivity contribution in [3.63, 3.8) is 0 Å². The maximum absolute atomic E-state index is 11.9. The Bertz CT molecular complexity index is 916. The van der Waals surface area contributed by atoms with Crippen molar-refractivity contribution in [2.75, 3.05) is 6.54 Å². The molecule has 0 N–H and O–H groups in total. The Kier molecular flexibility index (Phi) is 2.41. The van der Waals surface area contributed by atoms with Gasteiger partial charge in [-0.1, -0.05) is 47.4 Å². The van der Waals surface area contributed by atoms with E-state index in [1.165, 1.54) is 6.34 Å². The highest BCUT2D eigenvalue weighted by Crippen LogP contribution is 2.53. The minimum absolute atomic E-state index is 0.182. The van der Waals surface area contributed by atoms with Crippen molar-refractivity contribution in [3.8, 4) is 5.75 Å². The van der Waals surface area contributed by atoms with Gasteiger partial charge in [-0.05, 0) is 26.9 Å². The number of hydrogen-bond donors (Lipinski definition) is 0. The van der Waals surface area contributed by atoms with E-state index in [0.717, 1.165) is 32.8 Å². The first kappa shape index (κ1) is 12.7. The van der Waals surface area contributed by atoms with Crippen LogP contribution in [-0.4, -0.2) is 17.6 Å². The number of ether oxygens (including phenoxy) is 2. The summed E-state index contributed by atoms with van der Waals surface area (Å²) in [5.41, 5.74) is 3.09. The van der Waals surface area contributed by atoms with E-state index < -0.39 is 5.60 Å². The summed E-state index contributed by atoms with van der Waals surface area (Å²) < 4.78 is 13.0. The lowest BCUT2D eigenvalue weighted by Crippen LogP contribution is -2.39. The summed E-state index contributed by atoms with van der Waals surface area (Å²) >= 11 is 0. The van der Waals surface area contributed by atoms with Crippen molar-refractivity contribution in [1.82, 2.24) is 0 Å². The van der Waals surface area contributed by atoms with Crippen molar-refractivity contribution in [3.05, 3.63) is 81.6 Å². The molecule has 2 aromatic carbocycles. The van der Waals surface area contributed by atoms with Crippen LogP contribution in [0.5, 0.6) is 5.75 Å². The Balaban J connectivity index is 1.86. The lowest BCUT2D eigenvalue weighted by atomic mass is 9.77. The Morgan fingerprint density at radius 2 is 1.83 bits per heavy atom. The molecule has 3 heterocycles. The fourth-order valence-corrected chi connectivity index (χ4v) is 3.65. The average Bonchev–Trinajstić information content (AvgIpc) is 2.97. The van der Waals surface area contributed by atoms with Crippen LogP contribution >= 0.6 is 0 Å². The van der Waals surface area contributed by atoms with Gasteiger partial charge in [0.1, 0.15) is 11.3 Å². The lowest BCUT2D eigenvalue weighted by molar-refractivity contribution is -0.417. The molecule has 0 saturated heterocycles. The molecule has 3 aliphatic heterocycles. The maximum Gasteiger partial charge on any atom is 0.340 e. The van der Waals surface area contributed by atoms with E-state index >= 15 is 0 Å². The third kappa shape index (κ3) is 1.57. The Labute approximate surface area is 132 Å². The first-order valence-corrected chi connectivity index (χ1v) is 7.50. The summed E-state index contributed by atoms with van der Waals surface area (Å²) in [5.74, 6) is 1.19. The van der Waals surface area contributed by atoms with Gasteiger partial charge in [0.2, 0.25) is 0 Å². The molecular weight excluding hydrogens is 292 g/mol. The van der Waals surface area contributed by atoms with Crippen LogP contribution in [-0.2, 0) is 16.9 Å². The Hall–Kier alpha value is -2.79. The van der Waals surface area contributed by atoms with Crippen molar-refractivity contribution < 1.29 is 14.2 Å². The van der Waals surface area contributed by atoms with Gasteiger partial charge in [-0.3, -0.25) is 0 Å².